The molecule has 0 saturated carbocycles. The third-order valence-electron chi connectivity index (χ3n) is 3.59. The van der Waals surface area contributed by atoms with Gasteiger partial charge in [-0.2, -0.15) is 0 Å². The van der Waals surface area contributed by atoms with E-state index in [4.69, 9.17) is 5.73 Å². The molecule has 1 aromatic heterocycles. The van der Waals surface area contributed by atoms with Gasteiger partial charge < -0.3 is 11.1 Å². The highest BCUT2D eigenvalue weighted by molar-refractivity contribution is 7.17. The van der Waals surface area contributed by atoms with Crippen molar-refractivity contribution in [1.29, 1.82) is 0 Å². The van der Waals surface area contributed by atoms with Crippen molar-refractivity contribution < 1.29 is 4.79 Å². The number of hydrogen-bond donors (Lipinski definition) is 2. The predicted octanol–water partition coefficient (Wildman–Crippen LogP) is 4.00. The minimum absolute atomic E-state index is 0.0738. The quantitative estimate of drug-likeness (QED) is 0.845. The van der Waals surface area contributed by atoms with E-state index in [1.165, 1.54) is 10.1 Å². The van der Waals surface area contributed by atoms with E-state index in [0.717, 1.165) is 18.5 Å². The highest BCUT2D eigenvalue weighted by atomic mass is 32.1. The van der Waals surface area contributed by atoms with E-state index in [-0.39, 0.29) is 11.3 Å². The van der Waals surface area contributed by atoms with Crippen LogP contribution in [0.25, 0.3) is 10.1 Å². The zero-order valence-corrected chi connectivity index (χ0v) is 12.9. The third kappa shape index (κ3) is 4.05. The minimum Gasteiger partial charge on any atom is -0.330 e. The van der Waals surface area contributed by atoms with E-state index in [9.17, 15) is 4.79 Å². The molecule has 20 heavy (non-hydrogen) atoms. The Kier molecular flexibility index (Phi) is 4.78. The van der Waals surface area contributed by atoms with Crippen molar-refractivity contribution in [3.05, 3.63) is 29.6 Å². The van der Waals surface area contributed by atoms with Gasteiger partial charge in [0, 0.05) is 16.8 Å². The van der Waals surface area contributed by atoms with Crippen LogP contribution < -0.4 is 11.1 Å². The number of fused-ring (bicyclic) bond motifs is 1. The van der Waals surface area contributed by atoms with Crippen LogP contribution >= 0.6 is 11.3 Å². The number of benzene rings is 1. The molecule has 0 fully saturated rings. The second kappa shape index (κ2) is 6.37. The number of hydrogen-bond acceptors (Lipinski definition) is 3. The molecule has 1 aromatic carbocycles. The van der Waals surface area contributed by atoms with Crippen LogP contribution in [0, 0.1) is 5.41 Å². The standard InChI is InChI=1S/C16H22N2OS/c1-16(2,8-9-17)7-5-15(19)18-13-3-4-14-12(11-13)6-10-20-14/h3-4,6,10-11H,5,7-9,17H2,1-2H3,(H,18,19). The highest BCUT2D eigenvalue weighted by Gasteiger charge is 2.18. The highest BCUT2D eigenvalue weighted by Crippen LogP contribution is 2.27. The Morgan fingerprint density at radius 3 is 2.85 bits per heavy atom. The molecular formula is C16H22N2OS. The summed E-state index contributed by atoms with van der Waals surface area (Å²) >= 11 is 1.71. The van der Waals surface area contributed by atoms with Gasteiger partial charge in [0.1, 0.15) is 0 Å². The molecule has 0 aliphatic rings. The van der Waals surface area contributed by atoms with Crippen molar-refractivity contribution in [2.45, 2.75) is 33.1 Å². The van der Waals surface area contributed by atoms with Crippen molar-refractivity contribution in [3.8, 4) is 0 Å². The van der Waals surface area contributed by atoms with Crippen LogP contribution in [-0.2, 0) is 4.79 Å². The van der Waals surface area contributed by atoms with Crippen LogP contribution in [0.4, 0.5) is 5.69 Å². The zero-order chi connectivity index (χ0) is 14.6. The van der Waals surface area contributed by atoms with Gasteiger partial charge in [-0.3, -0.25) is 4.79 Å². The molecule has 1 heterocycles. The topological polar surface area (TPSA) is 55.1 Å². The van der Waals surface area contributed by atoms with Crippen molar-refractivity contribution in [1.82, 2.24) is 0 Å². The maximum Gasteiger partial charge on any atom is 0.224 e. The SMILES string of the molecule is CC(C)(CCN)CCC(=O)Nc1ccc2sccc2c1. The Morgan fingerprint density at radius 1 is 1.30 bits per heavy atom. The Bertz CT molecular complexity index is 589. The van der Waals surface area contributed by atoms with Crippen LogP contribution in [0.15, 0.2) is 29.6 Å². The lowest BCUT2D eigenvalue weighted by atomic mass is 9.84. The number of amides is 1. The average molecular weight is 290 g/mol. The number of nitrogens with one attached hydrogen (secondary N) is 1. The smallest absolute Gasteiger partial charge is 0.224 e. The largest absolute Gasteiger partial charge is 0.330 e. The van der Waals surface area contributed by atoms with Crippen molar-refractivity contribution in [3.63, 3.8) is 0 Å². The zero-order valence-electron chi connectivity index (χ0n) is 12.1. The second-order valence-corrected chi connectivity index (χ2v) is 6.87. The van der Waals surface area contributed by atoms with E-state index in [0.29, 0.717) is 13.0 Å². The van der Waals surface area contributed by atoms with Crippen LogP contribution in [0.5, 0.6) is 0 Å². The summed E-state index contributed by atoms with van der Waals surface area (Å²) in [7, 11) is 0. The summed E-state index contributed by atoms with van der Waals surface area (Å²) in [5.74, 6) is 0.0738. The summed E-state index contributed by atoms with van der Waals surface area (Å²) in [6, 6.07) is 8.10. The fourth-order valence-electron chi connectivity index (χ4n) is 2.24. The van der Waals surface area contributed by atoms with E-state index < -0.39 is 0 Å². The normalized spacial score (nSPS) is 11.8. The monoisotopic (exact) mass is 290 g/mol. The summed E-state index contributed by atoms with van der Waals surface area (Å²) in [6.07, 6.45) is 2.34. The first-order valence-corrected chi connectivity index (χ1v) is 7.85. The van der Waals surface area contributed by atoms with Crippen LogP contribution in [0.3, 0.4) is 0 Å². The summed E-state index contributed by atoms with van der Waals surface area (Å²) in [4.78, 5) is 12.0. The first kappa shape index (κ1) is 15.0. The van der Waals surface area contributed by atoms with Gasteiger partial charge in [0.25, 0.3) is 0 Å². The molecule has 0 bridgehead atoms. The van der Waals surface area contributed by atoms with E-state index >= 15 is 0 Å². The summed E-state index contributed by atoms with van der Waals surface area (Å²) in [6.45, 7) is 4.98. The van der Waals surface area contributed by atoms with Crippen molar-refractivity contribution in [2.24, 2.45) is 11.1 Å². The maximum absolute atomic E-state index is 12.0. The molecule has 0 atom stereocenters. The summed E-state index contributed by atoms with van der Waals surface area (Å²) in [5.41, 5.74) is 6.59. The molecule has 2 aromatic rings. The van der Waals surface area contributed by atoms with Crippen LogP contribution in [-0.4, -0.2) is 12.5 Å². The van der Waals surface area contributed by atoms with Crippen LogP contribution in [0.1, 0.15) is 33.1 Å². The first-order valence-electron chi connectivity index (χ1n) is 6.97. The molecule has 0 radical (unpaired) electrons. The van der Waals surface area contributed by atoms with E-state index in [1.807, 2.05) is 18.2 Å². The number of nitrogens with two attached hydrogens (primary N) is 1. The summed E-state index contributed by atoms with van der Waals surface area (Å²) in [5, 5.41) is 6.21. The lowest BCUT2D eigenvalue weighted by molar-refractivity contribution is -0.116. The van der Waals surface area contributed by atoms with Gasteiger partial charge in [-0.1, -0.05) is 13.8 Å². The molecule has 108 valence electrons. The molecule has 3 nitrogen and oxygen atoms in total. The van der Waals surface area contributed by atoms with Gasteiger partial charge in [-0.25, -0.2) is 0 Å². The second-order valence-electron chi connectivity index (χ2n) is 5.92. The maximum atomic E-state index is 12.0. The number of carbonyl (C=O) groups excluding carboxylic acids is 1. The molecule has 0 aliphatic carbocycles. The average Bonchev–Trinajstić information content (AvgIpc) is 2.84. The minimum atomic E-state index is 0.0738. The van der Waals surface area contributed by atoms with E-state index in [2.05, 4.69) is 30.6 Å². The van der Waals surface area contributed by atoms with Gasteiger partial charge in [-0.15, -0.1) is 11.3 Å². The Balaban J connectivity index is 1.90. The number of anilines is 1. The van der Waals surface area contributed by atoms with Crippen molar-refractivity contribution >= 4 is 33.0 Å². The van der Waals surface area contributed by atoms with Gasteiger partial charge >= 0.3 is 0 Å². The third-order valence-corrected chi connectivity index (χ3v) is 4.48. The molecule has 0 aliphatic heterocycles. The van der Waals surface area contributed by atoms with Gasteiger partial charge in [-0.05, 0) is 59.8 Å². The van der Waals surface area contributed by atoms with Crippen molar-refractivity contribution in [2.75, 3.05) is 11.9 Å². The number of carbonyl (C=O) groups is 1. The van der Waals surface area contributed by atoms with Gasteiger partial charge in [0.15, 0.2) is 0 Å². The first-order chi connectivity index (χ1) is 9.50. The molecule has 0 spiro atoms. The predicted molar refractivity (Wildman–Crippen MR) is 87.1 cm³/mol. The molecule has 3 N–H and O–H groups in total. The number of thiophene rings is 1. The Morgan fingerprint density at radius 2 is 2.10 bits per heavy atom. The lowest BCUT2D eigenvalue weighted by Crippen LogP contribution is -2.20. The van der Waals surface area contributed by atoms with Gasteiger partial charge in [0.2, 0.25) is 5.91 Å². The van der Waals surface area contributed by atoms with Gasteiger partial charge in [0.05, 0.1) is 0 Å². The Labute approximate surface area is 124 Å². The lowest BCUT2D eigenvalue weighted by Gasteiger charge is -2.23. The molecule has 0 saturated heterocycles. The molecule has 0 unspecified atom stereocenters. The fourth-order valence-corrected chi connectivity index (χ4v) is 3.01. The molecular weight excluding hydrogens is 268 g/mol. The summed E-state index contributed by atoms with van der Waals surface area (Å²) < 4.78 is 1.24. The molecule has 1 amide bonds. The number of rotatable bonds is 6. The molecule has 4 heteroatoms. The molecule has 2 rings (SSSR count). The van der Waals surface area contributed by atoms with Crippen LogP contribution in [0.2, 0.25) is 0 Å². The van der Waals surface area contributed by atoms with E-state index in [1.54, 1.807) is 11.3 Å². The Hall–Kier alpha value is -1.39. The fraction of sp³-hybridized carbons (Fsp3) is 0.438.